The molecule has 3 aliphatic rings. The minimum atomic E-state index is -0.456. The standard InChI is InChI=1S/C20H36N4O3.HI/c1-14(2)17-15(7-6-10-26-17)11-21-18-22-12-16-13-23(8-9-24(16)18)19(25)27-20(3,4)5;/h14-17H,6-13H2,1-5H3,(H,21,22);1H. The molecule has 0 aromatic carbocycles. The van der Waals surface area contributed by atoms with E-state index in [0.29, 0.717) is 31.0 Å². The van der Waals surface area contributed by atoms with Crippen LogP contribution in [0.3, 0.4) is 0 Å². The van der Waals surface area contributed by atoms with E-state index in [0.717, 1.165) is 38.6 Å². The van der Waals surface area contributed by atoms with Gasteiger partial charge in [0.05, 0.1) is 18.7 Å². The summed E-state index contributed by atoms with van der Waals surface area (Å²) < 4.78 is 11.5. The van der Waals surface area contributed by atoms with Crippen LogP contribution in [0.25, 0.3) is 0 Å². The van der Waals surface area contributed by atoms with Crippen LogP contribution in [-0.2, 0) is 9.47 Å². The van der Waals surface area contributed by atoms with Gasteiger partial charge in [-0.2, -0.15) is 0 Å². The van der Waals surface area contributed by atoms with Crippen molar-refractivity contribution in [3.8, 4) is 0 Å². The molecule has 0 spiro atoms. The Labute approximate surface area is 186 Å². The molecule has 0 radical (unpaired) electrons. The minimum Gasteiger partial charge on any atom is -0.444 e. The quantitative estimate of drug-likeness (QED) is 0.594. The van der Waals surface area contributed by atoms with Gasteiger partial charge in [-0.1, -0.05) is 13.8 Å². The maximum atomic E-state index is 12.3. The van der Waals surface area contributed by atoms with E-state index in [2.05, 4.69) is 24.1 Å². The number of aliphatic imine (C=N–C) groups is 1. The number of ether oxygens (including phenoxy) is 2. The average molecular weight is 508 g/mol. The van der Waals surface area contributed by atoms with Gasteiger partial charge >= 0.3 is 6.09 Å². The molecule has 1 amide bonds. The minimum absolute atomic E-state index is 0. The molecule has 1 N–H and O–H groups in total. The van der Waals surface area contributed by atoms with Gasteiger partial charge in [0.1, 0.15) is 5.60 Å². The van der Waals surface area contributed by atoms with Gasteiger partial charge in [0.2, 0.25) is 0 Å². The SMILES string of the molecule is CC(C)C1OCCCC1CNC1=NCC2CN(C(=O)OC(C)(C)C)CCN12.I. The van der Waals surface area contributed by atoms with Gasteiger partial charge in [-0.3, -0.25) is 4.99 Å². The van der Waals surface area contributed by atoms with Crippen molar-refractivity contribution in [3.05, 3.63) is 0 Å². The lowest BCUT2D eigenvalue weighted by Gasteiger charge is -2.40. The van der Waals surface area contributed by atoms with Crippen molar-refractivity contribution in [2.24, 2.45) is 16.8 Å². The highest BCUT2D eigenvalue weighted by Crippen LogP contribution is 2.26. The summed E-state index contributed by atoms with van der Waals surface area (Å²) in [6, 6.07) is 0.247. The van der Waals surface area contributed by atoms with Crippen molar-refractivity contribution in [1.29, 1.82) is 0 Å². The van der Waals surface area contributed by atoms with E-state index in [1.54, 1.807) is 0 Å². The number of halogens is 1. The smallest absolute Gasteiger partial charge is 0.410 e. The molecule has 28 heavy (non-hydrogen) atoms. The van der Waals surface area contributed by atoms with Gasteiger partial charge < -0.3 is 24.6 Å². The number of amides is 1. The van der Waals surface area contributed by atoms with Gasteiger partial charge in [0, 0.05) is 38.7 Å². The summed E-state index contributed by atoms with van der Waals surface area (Å²) in [6.45, 7) is 14.8. The number of carbonyl (C=O) groups excluding carboxylic acids is 1. The van der Waals surface area contributed by atoms with Gasteiger partial charge in [0.15, 0.2) is 5.96 Å². The number of piperazine rings is 1. The number of fused-ring (bicyclic) bond motifs is 1. The lowest BCUT2D eigenvalue weighted by atomic mass is 9.87. The largest absolute Gasteiger partial charge is 0.444 e. The fourth-order valence-electron chi connectivity index (χ4n) is 4.27. The highest BCUT2D eigenvalue weighted by atomic mass is 127. The van der Waals surface area contributed by atoms with Gasteiger partial charge in [-0.25, -0.2) is 4.79 Å². The van der Waals surface area contributed by atoms with E-state index in [9.17, 15) is 4.79 Å². The van der Waals surface area contributed by atoms with Crippen molar-refractivity contribution in [2.45, 2.75) is 65.2 Å². The van der Waals surface area contributed by atoms with Crippen LogP contribution in [0.5, 0.6) is 0 Å². The second kappa shape index (κ2) is 9.82. The van der Waals surface area contributed by atoms with Crippen LogP contribution in [0, 0.1) is 11.8 Å². The predicted molar refractivity (Wildman–Crippen MR) is 121 cm³/mol. The Morgan fingerprint density at radius 3 is 2.79 bits per heavy atom. The van der Waals surface area contributed by atoms with E-state index in [-0.39, 0.29) is 36.1 Å². The van der Waals surface area contributed by atoms with Crippen molar-refractivity contribution < 1.29 is 14.3 Å². The number of rotatable bonds is 3. The van der Waals surface area contributed by atoms with E-state index in [1.165, 1.54) is 6.42 Å². The lowest BCUT2D eigenvalue weighted by molar-refractivity contribution is -0.0506. The molecule has 3 atom stereocenters. The predicted octanol–water partition coefficient (Wildman–Crippen LogP) is 2.94. The summed E-state index contributed by atoms with van der Waals surface area (Å²) in [4.78, 5) is 21.2. The molecular weight excluding hydrogens is 471 g/mol. The van der Waals surface area contributed by atoms with Crippen LogP contribution in [0.1, 0.15) is 47.5 Å². The summed E-state index contributed by atoms with van der Waals surface area (Å²) in [5.74, 6) is 2.05. The molecule has 3 rings (SSSR count). The van der Waals surface area contributed by atoms with Gasteiger partial charge in [-0.15, -0.1) is 24.0 Å². The second-order valence-electron chi connectivity index (χ2n) is 9.30. The zero-order valence-corrected chi connectivity index (χ0v) is 20.3. The first-order valence-electron chi connectivity index (χ1n) is 10.4. The lowest BCUT2D eigenvalue weighted by Crippen LogP contribution is -2.58. The van der Waals surface area contributed by atoms with Crippen LogP contribution in [0.4, 0.5) is 4.79 Å². The first-order chi connectivity index (χ1) is 12.7. The highest BCUT2D eigenvalue weighted by molar-refractivity contribution is 14.0. The fraction of sp³-hybridized carbons (Fsp3) is 0.900. The summed E-state index contributed by atoms with van der Waals surface area (Å²) in [7, 11) is 0. The molecule has 2 fully saturated rings. The van der Waals surface area contributed by atoms with Crippen molar-refractivity contribution in [1.82, 2.24) is 15.1 Å². The Bertz CT molecular complexity index is 564. The highest BCUT2D eigenvalue weighted by Gasteiger charge is 2.37. The first kappa shape index (κ1) is 23.5. The third kappa shape index (κ3) is 5.87. The van der Waals surface area contributed by atoms with Crippen LogP contribution < -0.4 is 5.32 Å². The summed E-state index contributed by atoms with van der Waals surface area (Å²) in [6.07, 6.45) is 2.45. The molecule has 3 heterocycles. The van der Waals surface area contributed by atoms with Crippen LogP contribution in [0.15, 0.2) is 4.99 Å². The fourth-order valence-corrected chi connectivity index (χ4v) is 4.27. The number of hydrogen-bond donors (Lipinski definition) is 1. The Hall–Kier alpha value is -0.770. The third-order valence-corrected chi connectivity index (χ3v) is 5.53. The van der Waals surface area contributed by atoms with E-state index in [4.69, 9.17) is 14.5 Å². The maximum Gasteiger partial charge on any atom is 0.410 e. The molecule has 7 nitrogen and oxygen atoms in total. The van der Waals surface area contributed by atoms with Crippen LogP contribution >= 0.6 is 24.0 Å². The third-order valence-electron chi connectivity index (χ3n) is 5.53. The van der Waals surface area contributed by atoms with Crippen molar-refractivity contribution >= 4 is 36.0 Å². The van der Waals surface area contributed by atoms with Crippen LogP contribution in [-0.4, -0.2) is 78.9 Å². The average Bonchev–Trinajstić information content (AvgIpc) is 3.01. The molecule has 0 aromatic rings. The van der Waals surface area contributed by atoms with Crippen LogP contribution in [0.2, 0.25) is 0 Å². The number of nitrogens with zero attached hydrogens (tertiary/aromatic N) is 3. The second-order valence-corrected chi connectivity index (χ2v) is 9.30. The molecule has 0 aliphatic carbocycles. The number of guanidine groups is 1. The Kier molecular flexibility index (Phi) is 8.25. The number of nitrogens with one attached hydrogen (secondary N) is 1. The van der Waals surface area contributed by atoms with Gasteiger partial charge in [0.25, 0.3) is 0 Å². The Morgan fingerprint density at radius 1 is 1.36 bits per heavy atom. The molecule has 3 unspecified atom stereocenters. The molecular formula is C20H37IN4O3. The molecule has 8 heteroatoms. The molecule has 0 saturated carbocycles. The van der Waals surface area contributed by atoms with Gasteiger partial charge in [-0.05, 0) is 39.5 Å². The Morgan fingerprint density at radius 2 is 2.11 bits per heavy atom. The molecule has 2 saturated heterocycles. The zero-order valence-electron chi connectivity index (χ0n) is 17.9. The van der Waals surface area contributed by atoms with E-state index < -0.39 is 5.60 Å². The molecule has 0 bridgehead atoms. The summed E-state index contributed by atoms with van der Waals surface area (Å²) in [5, 5.41) is 3.58. The maximum absolute atomic E-state index is 12.3. The molecule has 3 aliphatic heterocycles. The van der Waals surface area contributed by atoms with E-state index >= 15 is 0 Å². The topological polar surface area (TPSA) is 66.4 Å². The summed E-state index contributed by atoms with van der Waals surface area (Å²) in [5.41, 5.74) is -0.456. The molecule has 162 valence electrons. The van der Waals surface area contributed by atoms with Crippen molar-refractivity contribution in [2.75, 3.05) is 39.3 Å². The number of carbonyl (C=O) groups is 1. The number of hydrogen-bond acceptors (Lipinski definition) is 6. The Balaban J connectivity index is 0.00000280. The zero-order chi connectivity index (χ0) is 19.6. The van der Waals surface area contributed by atoms with E-state index in [1.807, 2.05) is 25.7 Å². The molecule has 0 aromatic heterocycles. The summed E-state index contributed by atoms with van der Waals surface area (Å²) >= 11 is 0. The van der Waals surface area contributed by atoms with Crippen molar-refractivity contribution in [3.63, 3.8) is 0 Å². The monoisotopic (exact) mass is 508 g/mol. The first-order valence-corrected chi connectivity index (χ1v) is 10.4. The normalized spacial score (nSPS) is 27.8.